The molecule has 126 valence electrons. The molecule has 3 aliphatic rings. The SMILES string of the molecule is Cl.O=C(C1CCCO1)N1CCN(C(=O)[C@H]2CCCCN2)CC1. The van der Waals surface area contributed by atoms with Gasteiger partial charge in [0, 0.05) is 32.8 Å². The molecule has 0 bridgehead atoms. The van der Waals surface area contributed by atoms with E-state index in [9.17, 15) is 9.59 Å². The molecule has 0 aliphatic carbocycles. The number of nitrogens with zero attached hydrogens (tertiary/aromatic N) is 2. The molecule has 3 heterocycles. The van der Waals surface area contributed by atoms with Crippen molar-refractivity contribution in [2.24, 2.45) is 0 Å². The molecule has 0 aromatic rings. The maximum absolute atomic E-state index is 12.4. The molecule has 0 radical (unpaired) electrons. The molecule has 2 atom stereocenters. The Bertz CT molecular complexity index is 387. The second-order valence-electron chi connectivity index (χ2n) is 6.15. The molecular formula is C15H26ClN3O3. The molecular weight excluding hydrogens is 306 g/mol. The highest BCUT2D eigenvalue weighted by Crippen LogP contribution is 2.17. The Balaban J connectivity index is 0.00000176. The van der Waals surface area contributed by atoms with Gasteiger partial charge in [-0.15, -0.1) is 12.4 Å². The van der Waals surface area contributed by atoms with Gasteiger partial charge in [-0.2, -0.15) is 0 Å². The van der Waals surface area contributed by atoms with E-state index in [0.717, 1.165) is 38.6 Å². The summed E-state index contributed by atoms with van der Waals surface area (Å²) in [4.78, 5) is 28.4. The smallest absolute Gasteiger partial charge is 0.251 e. The predicted molar refractivity (Wildman–Crippen MR) is 85.0 cm³/mol. The number of hydrogen-bond donors (Lipinski definition) is 1. The molecule has 3 aliphatic heterocycles. The van der Waals surface area contributed by atoms with Crippen LogP contribution in [0.25, 0.3) is 0 Å². The van der Waals surface area contributed by atoms with Crippen molar-refractivity contribution in [1.82, 2.24) is 15.1 Å². The number of halogens is 1. The molecule has 0 spiro atoms. The van der Waals surface area contributed by atoms with Crippen LogP contribution in [0.2, 0.25) is 0 Å². The lowest BCUT2D eigenvalue weighted by Gasteiger charge is -2.38. The van der Waals surface area contributed by atoms with Crippen LogP contribution in [-0.2, 0) is 14.3 Å². The molecule has 0 aromatic carbocycles. The zero-order valence-corrected chi connectivity index (χ0v) is 13.8. The van der Waals surface area contributed by atoms with Gasteiger partial charge in [0.15, 0.2) is 0 Å². The molecule has 3 rings (SSSR count). The summed E-state index contributed by atoms with van der Waals surface area (Å²) < 4.78 is 5.46. The number of carbonyl (C=O) groups is 2. The minimum atomic E-state index is -0.243. The maximum Gasteiger partial charge on any atom is 0.251 e. The van der Waals surface area contributed by atoms with Crippen LogP contribution in [0.1, 0.15) is 32.1 Å². The Morgan fingerprint density at radius 1 is 0.909 bits per heavy atom. The van der Waals surface area contributed by atoms with Crippen molar-refractivity contribution in [3.8, 4) is 0 Å². The van der Waals surface area contributed by atoms with E-state index in [2.05, 4.69) is 5.32 Å². The van der Waals surface area contributed by atoms with Gasteiger partial charge in [0.05, 0.1) is 6.04 Å². The van der Waals surface area contributed by atoms with Gasteiger partial charge < -0.3 is 19.9 Å². The van der Waals surface area contributed by atoms with Gasteiger partial charge in [0.2, 0.25) is 5.91 Å². The van der Waals surface area contributed by atoms with Crippen LogP contribution >= 0.6 is 12.4 Å². The molecule has 2 amide bonds. The van der Waals surface area contributed by atoms with Gasteiger partial charge in [-0.05, 0) is 32.2 Å². The summed E-state index contributed by atoms with van der Waals surface area (Å²) in [6.07, 6.45) is 4.79. The first-order chi connectivity index (χ1) is 10.3. The zero-order valence-electron chi connectivity index (χ0n) is 13.0. The fourth-order valence-electron chi connectivity index (χ4n) is 3.41. The summed E-state index contributed by atoms with van der Waals surface area (Å²) in [6.45, 7) is 4.20. The van der Waals surface area contributed by atoms with Gasteiger partial charge in [0.25, 0.3) is 5.91 Å². The van der Waals surface area contributed by atoms with Gasteiger partial charge in [-0.25, -0.2) is 0 Å². The number of hydrogen-bond acceptors (Lipinski definition) is 4. The summed E-state index contributed by atoms with van der Waals surface area (Å²) in [7, 11) is 0. The molecule has 3 fully saturated rings. The minimum absolute atomic E-state index is 0. The summed E-state index contributed by atoms with van der Waals surface area (Å²) in [5.41, 5.74) is 0. The number of piperidine rings is 1. The number of piperazine rings is 1. The van der Waals surface area contributed by atoms with Crippen molar-refractivity contribution in [1.29, 1.82) is 0 Å². The van der Waals surface area contributed by atoms with E-state index < -0.39 is 0 Å². The second kappa shape index (κ2) is 8.13. The third kappa shape index (κ3) is 3.91. The van der Waals surface area contributed by atoms with Crippen molar-refractivity contribution in [3.05, 3.63) is 0 Å². The monoisotopic (exact) mass is 331 g/mol. The van der Waals surface area contributed by atoms with Crippen LogP contribution in [0.5, 0.6) is 0 Å². The third-order valence-electron chi connectivity index (χ3n) is 4.72. The van der Waals surface area contributed by atoms with E-state index in [0.29, 0.717) is 32.8 Å². The van der Waals surface area contributed by atoms with E-state index in [-0.39, 0.29) is 36.4 Å². The van der Waals surface area contributed by atoms with E-state index in [1.165, 1.54) is 0 Å². The van der Waals surface area contributed by atoms with E-state index in [1.54, 1.807) is 0 Å². The Labute approximate surface area is 137 Å². The predicted octanol–water partition coefficient (Wildman–Crippen LogP) is 0.400. The Hall–Kier alpha value is -0.850. The molecule has 22 heavy (non-hydrogen) atoms. The highest BCUT2D eigenvalue weighted by molar-refractivity contribution is 5.85. The topological polar surface area (TPSA) is 61.9 Å². The maximum atomic E-state index is 12.4. The number of ether oxygens (including phenoxy) is 1. The second-order valence-corrected chi connectivity index (χ2v) is 6.15. The van der Waals surface area contributed by atoms with Gasteiger partial charge in [0.1, 0.15) is 6.10 Å². The molecule has 1 unspecified atom stereocenters. The number of rotatable bonds is 2. The Morgan fingerprint density at radius 2 is 1.59 bits per heavy atom. The van der Waals surface area contributed by atoms with Crippen molar-refractivity contribution in [3.63, 3.8) is 0 Å². The van der Waals surface area contributed by atoms with Crippen LogP contribution in [0.15, 0.2) is 0 Å². The van der Waals surface area contributed by atoms with E-state index >= 15 is 0 Å². The van der Waals surface area contributed by atoms with Crippen LogP contribution in [-0.4, -0.2) is 73.1 Å². The molecule has 0 aromatic heterocycles. The van der Waals surface area contributed by atoms with E-state index in [4.69, 9.17) is 4.74 Å². The number of carbonyl (C=O) groups excluding carboxylic acids is 2. The first-order valence-corrected chi connectivity index (χ1v) is 8.18. The number of nitrogens with one attached hydrogen (secondary N) is 1. The highest BCUT2D eigenvalue weighted by Gasteiger charge is 2.33. The lowest BCUT2D eigenvalue weighted by atomic mass is 10.0. The van der Waals surface area contributed by atoms with Crippen molar-refractivity contribution < 1.29 is 14.3 Å². The average molecular weight is 332 g/mol. The van der Waals surface area contributed by atoms with Crippen LogP contribution in [0, 0.1) is 0 Å². The quantitative estimate of drug-likeness (QED) is 0.795. The zero-order chi connectivity index (χ0) is 14.7. The fraction of sp³-hybridized carbons (Fsp3) is 0.867. The molecule has 1 N–H and O–H groups in total. The molecule has 0 saturated carbocycles. The van der Waals surface area contributed by atoms with Crippen molar-refractivity contribution in [2.75, 3.05) is 39.3 Å². The van der Waals surface area contributed by atoms with Crippen molar-refractivity contribution in [2.45, 2.75) is 44.2 Å². The summed E-state index contributed by atoms with van der Waals surface area (Å²) in [6, 6.07) is -0.0147. The third-order valence-corrected chi connectivity index (χ3v) is 4.72. The van der Waals surface area contributed by atoms with Gasteiger partial charge >= 0.3 is 0 Å². The highest BCUT2D eigenvalue weighted by atomic mass is 35.5. The van der Waals surface area contributed by atoms with Crippen LogP contribution in [0.4, 0.5) is 0 Å². The van der Waals surface area contributed by atoms with Crippen LogP contribution < -0.4 is 5.32 Å². The first-order valence-electron chi connectivity index (χ1n) is 8.18. The fourth-order valence-corrected chi connectivity index (χ4v) is 3.41. The standard InChI is InChI=1S/C15H25N3O3.ClH/c19-14(12-4-1-2-6-16-12)17-7-9-18(10-8-17)15(20)13-5-3-11-21-13;/h12-13,16H,1-11H2;1H/t12-,13?;/m1./s1. The van der Waals surface area contributed by atoms with Gasteiger partial charge in [-0.3, -0.25) is 9.59 Å². The summed E-state index contributed by atoms with van der Waals surface area (Å²) in [5.74, 6) is 0.314. The lowest BCUT2D eigenvalue weighted by Crippen LogP contribution is -2.57. The van der Waals surface area contributed by atoms with Crippen molar-refractivity contribution >= 4 is 24.2 Å². The summed E-state index contributed by atoms with van der Waals surface area (Å²) in [5, 5.41) is 3.30. The molecule has 3 saturated heterocycles. The Morgan fingerprint density at radius 3 is 2.14 bits per heavy atom. The molecule has 6 nitrogen and oxygen atoms in total. The Kier molecular flexibility index (Phi) is 6.47. The largest absolute Gasteiger partial charge is 0.368 e. The molecule has 7 heteroatoms. The van der Waals surface area contributed by atoms with Crippen LogP contribution in [0.3, 0.4) is 0 Å². The minimum Gasteiger partial charge on any atom is -0.368 e. The lowest BCUT2D eigenvalue weighted by molar-refractivity contribution is -0.146. The first kappa shape index (κ1) is 17.5. The average Bonchev–Trinajstić information content (AvgIpc) is 3.09. The number of amides is 2. The van der Waals surface area contributed by atoms with E-state index in [1.807, 2.05) is 9.80 Å². The van der Waals surface area contributed by atoms with Gasteiger partial charge in [-0.1, -0.05) is 6.42 Å². The normalized spacial score (nSPS) is 29.1. The summed E-state index contributed by atoms with van der Waals surface area (Å²) >= 11 is 0.